The molecule has 0 aliphatic carbocycles. The van der Waals surface area contributed by atoms with Crippen molar-refractivity contribution in [3.05, 3.63) is 101 Å². The van der Waals surface area contributed by atoms with E-state index >= 15 is 0 Å². The number of hydrogen-bond donors (Lipinski definition) is 2. The second-order valence-electron chi connectivity index (χ2n) is 10.2. The van der Waals surface area contributed by atoms with Crippen LogP contribution in [0.25, 0.3) is 12.2 Å². The molecule has 2 aliphatic rings. The highest BCUT2D eigenvalue weighted by atomic mass is 16.4. The lowest BCUT2D eigenvalue weighted by Crippen LogP contribution is -2.53. The molecule has 3 aromatic rings. The van der Waals surface area contributed by atoms with Gasteiger partial charge in [0.2, 0.25) is 11.8 Å². The van der Waals surface area contributed by atoms with Crippen LogP contribution in [0.2, 0.25) is 0 Å². The molecule has 5 rings (SSSR count). The van der Waals surface area contributed by atoms with E-state index in [1.807, 2.05) is 98.8 Å². The number of rotatable bonds is 7. The van der Waals surface area contributed by atoms with Gasteiger partial charge in [0.25, 0.3) is 0 Å². The lowest BCUT2D eigenvalue weighted by atomic mass is 9.80. The molecular weight excluding hydrogens is 476 g/mol. The maximum absolute atomic E-state index is 14.0. The van der Waals surface area contributed by atoms with E-state index in [4.69, 9.17) is 0 Å². The Morgan fingerprint density at radius 1 is 0.868 bits per heavy atom. The lowest BCUT2D eigenvalue weighted by Gasteiger charge is -2.29. The fourth-order valence-electron chi connectivity index (χ4n) is 5.92. The summed E-state index contributed by atoms with van der Waals surface area (Å²) in [6.07, 6.45) is 5.34. The molecular formula is C32H32N2O4. The van der Waals surface area contributed by atoms with Crippen molar-refractivity contribution >= 4 is 35.6 Å². The number of imide groups is 1. The number of aryl methyl sites for hydroxylation is 2. The molecule has 38 heavy (non-hydrogen) atoms. The fourth-order valence-corrected chi connectivity index (χ4v) is 5.92. The first-order chi connectivity index (χ1) is 18.3. The molecule has 4 atom stereocenters. The van der Waals surface area contributed by atoms with E-state index in [2.05, 4.69) is 5.32 Å². The monoisotopic (exact) mass is 508 g/mol. The second kappa shape index (κ2) is 10.0. The smallest absolute Gasteiger partial charge is 0.324 e. The molecule has 2 N–H and O–H groups in total. The minimum Gasteiger partial charge on any atom is -0.480 e. The molecule has 0 saturated carbocycles. The highest BCUT2D eigenvalue weighted by Gasteiger charge is 2.67. The van der Waals surface area contributed by atoms with Crippen molar-refractivity contribution in [2.75, 3.05) is 4.90 Å². The summed E-state index contributed by atoms with van der Waals surface area (Å²) in [4.78, 5) is 41.7. The Balaban J connectivity index is 1.52. The number of para-hydroxylation sites is 1. The van der Waals surface area contributed by atoms with Crippen molar-refractivity contribution < 1.29 is 19.5 Å². The van der Waals surface area contributed by atoms with Gasteiger partial charge in [-0.1, -0.05) is 98.8 Å². The maximum Gasteiger partial charge on any atom is 0.324 e. The quantitative estimate of drug-likeness (QED) is 0.335. The Labute approximate surface area is 223 Å². The molecule has 3 aromatic carbocycles. The van der Waals surface area contributed by atoms with Crippen LogP contribution in [-0.4, -0.2) is 28.4 Å². The minimum absolute atomic E-state index is 0.342. The normalized spacial score (nSPS) is 24.8. The van der Waals surface area contributed by atoms with E-state index in [9.17, 15) is 19.5 Å². The van der Waals surface area contributed by atoms with Crippen molar-refractivity contribution in [3.8, 4) is 0 Å². The first-order valence-corrected chi connectivity index (χ1v) is 13.1. The molecule has 194 valence electrons. The largest absolute Gasteiger partial charge is 0.480 e. The number of carboxylic acid groups (broad SMARTS) is 1. The number of fused-ring (bicyclic) bond motifs is 1. The molecule has 0 bridgehead atoms. The molecule has 6 heteroatoms. The van der Waals surface area contributed by atoms with Gasteiger partial charge >= 0.3 is 5.97 Å². The molecule has 4 unspecified atom stereocenters. The zero-order valence-electron chi connectivity index (χ0n) is 21.8. The Morgan fingerprint density at radius 3 is 2.00 bits per heavy atom. The summed E-state index contributed by atoms with van der Waals surface area (Å²) in [7, 11) is 0. The van der Waals surface area contributed by atoms with Gasteiger partial charge in [-0.15, -0.1) is 0 Å². The molecule has 0 spiro atoms. The fraction of sp³-hybridized carbons (Fsp3) is 0.281. The number of hydrogen-bond acceptors (Lipinski definition) is 4. The van der Waals surface area contributed by atoms with E-state index < -0.39 is 35.3 Å². The third kappa shape index (κ3) is 4.15. The van der Waals surface area contributed by atoms with Gasteiger partial charge in [0, 0.05) is 6.04 Å². The highest BCUT2D eigenvalue weighted by molar-refractivity contribution is 6.24. The molecule has 2 fully saturated rings. The van der Waals surface area contributed by atoms with E-state index in [1.165, 1.54) is 11.8 Å². The van der Waals surface area contributed by atoms with E-state index in [0.29, 0.717) is 18.5 Å². The molecule has 2 heterocycles. The molecule has 2 amide bonds. The van der Waals surface area contributed by atoms with Crippen molar-refractivity contribution in [2.24, 2.45) is 11.8 Å². The molecule has 2 saturated heterocycles. The zero-order chi connectivity index (χ0) is 27.0. The number of carbonyl (C=O) groups excluding carboxylic acids is 2. The predicted octanol–water partition coefficient (Wildman–Crippen LogP) is 5.28. The number of nitrogens with one attached hydrogen (secondary N) is 1. The van der Waals surface area contributed by atoms with Crippen LogP contribution in [0.3, 0.4) is 0 Å². The first kappa shape index (κ1) is 25.6. The van der Waals surface area contributed by atoms with Gasteiger partial charge in [0.15, 0.2) is 0 Å². The average molecular weight is 509 g/mol. The number of nitrogens with zero attached hydrogens (tertiary/aromatic N) is 1. The van der Waals surface area contributed by atoms with E-state index in [1.54, 1.807) is 0 Å². The van der Waals surface area contributed by atoms with Crippen molar-refractivity contribution in [3.63, 3.8) is 0 Å². The Hall–Kier alpha value is -4.03. The number of aliphatic carboxylic acids is 1. The summed E-state index contributed by atoms with van der Waals surface area (Å²) in [6.45, 7) is 5.50. The number of carboxylic acids is 1. The SMILES string of the molecule is CCc1cccc(CC)c1N1C(=O)C2C(c3ccc(C=Cc4ccccc4)cc3)NC(C)(C(=O)O)C2C1=O. The third-order valence-corrected chi connectivity index (χ3v) is 7.98. The Bertz CT molecular complexity index is 1390. The van der Waals surface area contributed by atoms with Gasteiger partial charge in [0.1, 0.15) is 5.54 Å². The third-order valence-electron chi connectivity index (χ3n) is 7.98. The van der Waals surface area contributed by atoms with E-state index in [0.717, 1.165) is 27.8 Å². The van der Waals surface area contributed by atoms with Crippen molar-refractivity contribution in [1.29, 1.82) is 0 Å². The van der Waals surface area contributed by atoms with Gasteiger partial charge < -0.3 is 5.11 Å². The summed E-state index contributed by atoms with van der Waals surface area (Å²) < 4.78 is 0. The van der Waals surface area contributed by atoms with E-state index in [-0.39, 0.29) is 5.91 Å². The van der Waals surface area contributed by atoms with Gasteiger partial charge in [0.05, 0.1) is 17.5 Å². The summed E-state index contributed by atoms with van der Waals surface area (Å²) in [5, 5.41) is 13.4. The molecule has 2 aliphatic heterocycles. The summed E-state index contributed by atoms with van der Waals surface area (Å²) in [5.74, 6) is -3.75. The highest BCUT2D eigenvalue weighted by Crippen LogP contribution is 2.50. The van der Waals surface area contributed by atoms with Crippen LogP contribution in [0.1, 0.15) is 54.6 Å². The van der Waals surface area contributed by atoms with Crippen molar-refractivity contribution in [1.82, 2.24) is 5.32 Å². The number of amides is 2. The molecule has 6 nitrogen and oxygen atoms in total. The van der Waals surface area contributed by atoms with Crippen LogP contribution in [0.5, 0.6) is 0 Å². The van der Waals surface area contributed by atoms with Crippen LogP contribution >= 0.6 is 0 Å². The molecule has 0 aromatic heterocycles. The second-order valence-corrected chi connectivity index (χ2v) is 10.2. The summed E-state index contributed by atoms with van der Waals surface area (Å²) in [5.41, 5.74) is 3.70. The number of carbonyl (C=O) groups is 3. The standard InChI is InChI=1S/C32H32N2O4/c1-4-22-12-9-13-23(5-2)28(22)34-29(35)25-26(30(34)36)32(3,31(37)38)33-27(25)24-18-16-21(17-19-24)15-14-20-10-7-6-8-11-20/h6-19,25-27,33H,4-5H2,1-3H3,(H,37,38). The molecule has 0 radical (unpaired) electrons. The first-order valence-electron chi connectivity index (χ1n) is 13.1. The van der Waals surface area contributed by atoms with Crippen LogP contribution in [-0.2, 0) is 27.2 Å². The lowest BCUT2D eigenvalue weighted by molar-refractivity contribution is -0.147. The topological polar surface area (TPSA) is 86.7 Å². The van der Waals surface area contributed by atoms with Crippen LogP contribution < -0.4 is 10.2 Å². The minimum atomic E-state index is -1.57. The number of benzene rings is 3. The van der Waals surface area contributed by atoms with Gasteiger partial charge in [-0.05, 0) is 47.6 Å². The summed E-state index contributed by atoms with van der Waals surface area (Å²) in [6, 6.07) is 22.9. The van der Waals surface area contributed by atoms with Gasteiger partial charge in [-0.3, -0.25) is 19.7 Å². The maximum atomic E-state index is 14.0. The zero-order valence-corrected chi connectivity index (χ0v) is 21.8. The average Bonchev–Trinajstić information content (AvgIpc) is 3.40. The Morgan fingerprint density at radius 2 is 1.45 bits per heavy atom. The van der Waals surface area contributed by atoms with Crippen molar-refractivity contribution in [2.45, 2.75) is 45.2 Å². The van der Waals surface area contributed by atoms with Crippen LogP contribution in [0, 0.1) is 11.8 Å². The van der Waals surface area contributed by atoms with Crippen LogP contribution in [0.15, 0.2) is 72.8 Å². The van der Waals surface area contributed by atoms with Gasteiger partial charge in [-0.25, -0.2) is 4.90 Å². The summed E-state index contributed by atoms with van der Waals surface area (Å²) >= 11 is 0. The van der Waals surface area contributed by atoms with Gasteiger partial charge in [-0.2, -0.15) is 0 Å². The Kier molecular flexibility index (Phi) is 6.76. The number of anilines is 1. The van der Waals surface area contributed by atoms with Crippen LogP contribution in [0.4, 0.5) is 5.69 Å². The predicted molar refractivity (Wildman–Crippen MR) is 148 cm³/mol.